The Hall–Kier alpha value is -2.05. The van der Waals surface area contributed by atoms with Gasteiger partial charge in [0.2, 0.25) is 0 Å². The molecule has 0 unspecified atom stereocenters. The predicted octanol–water partition coefficient (Wildman–Crippen LogP) is 3.10. The maximum Gasteiger partial charge on any atom is 0.356 e. The average molecular weight is 292 g/mol. The van der Waals surface area contributed by atoms with Crippen LogP contribution in [0.15, 0.2) is 29.9 Å². The minimum Gasteiger partial charge on any atom is -0.476 e. The van der Waals surface area contributed by atoms with Crippen molar-refractivity contribution in [2.45, 2.75) is 0 Å². The van der Waals surface area contributed by atoms with Crippen LogP contribution in [-0.2, 0) is 0 Å². The normalized spacial score (nSPS) is 10.8. The van der Waals surface area contributed by atoms with Crippen LogP contribution in [0.5, 0.6) is 0 Å². The molecule has 0 aliphatic heterocycles. The number of aromatic carboxylic acids is 1. The highest BCUT2D eigenvalue weighted by Gasteiger charge is 2.14. The second-order valence-corrected chi connectivity index (χ2v) is 5.08. The Morgan fingerprint density at radius 1 is 1.32 bits per heavy atom. The fourth-order valence-corrected chi connectivity index (χ4v) is 2.58. The van der Waals surface area contributed by atoms with E-state index in [9.17, 15) is 4.79 Å². The number of rotatable bonds is 2. The Kier molecular flexibility index (Phi) is 2.88. The number of fused-ring (bicyclic) bond motifs is 1. The predicted molar refractivity (Wildman–Crippen MR) is 72.6 cm³/mol. The maximum atomic E-state index is 11.0. The van der Waals surface area contributed by atoms with Crippen molar-refractivity contribution in [3.8, 4) is 11.4 Å². The molecule has 94 valence electrons. The summed E-state index contributed by atoms with van der Waals surface area (Å²) in [5, 5.41) is 10.9. The van der Waals surface area contributed by atoms with Gasteiger partial charge in [-0.1, -0.05) is 11.6 Å². The molecule has 3 heterocycles. The van der Waals surface area contributed by atoms with Gasteiger partial charge in [0.1, 0.15) is 0 Å². The zero-order valence-electron chi connectivity index (χ0n) is 9.37. The maximum absolute atomic E-state index is 11.0. The fourth-order valence-electron chi connectivity index (χ4n) is 1.62. The fraction of sp³-hybridized carbons (Fsp3) is 0. The molecule has 0 aliphatic carbocycles. The summed E-state index contributed by atoms with van der Waals surface area (Å²) >= 11 is 7.29. The number of carboxylic acid groups (broad SMARTS) is 1. The Morgan fingerprint density at radius 3 is 2.95 bits per heavy atom. The highest BCUT2D eigenvalue weighted by molar-refractivity contribution is 7.17. The summed E-state index contributed by atoms with van der Waals surface area (Å²) < 4.78 is 0.993. The summed E-state index contributed by atoms with van der Waals surface area (Å²) in [5.41, 5.74) is 1.34. The van der Waals surface area contributed by atoms with E-state index < -0.39 is 5.97 Å². The van der Waals surface area contributed by atoms with E-state index in [4.69, 9.17) is 16.7 Å². The molecule has 1 N–H and O–H groups in total. The first-order valence-electron chi connectivity index (χ1n) is 5.24. The van der Waals surface area contributed by atoms with Crippen LogP contribution in [0, 0.1) is 0 Å². The van der Waals surface area contributed by atoms with Gasteiger partial charge >= 0.3 is 5.97 Å². The molecular weight excluding hydrogens is 286 g/mol. The molecule has 5 nitrogen and oxygen atoms in total. The summed E-state index contributed by atoms with van der Waals surface area (Å²) in [7, 11) is 0. The largest absolute Gasteiger partial charge is 0.476 e. The van der Waals surface area contributed by atoms with Crippen LogP contribution in [0.1, 0.15) is 10.5 Å². The molecule has 3 aromatic heterocycles. The lowest BCUT2D eigenvalue weighted by atomic mass is 10.2. The van der Waals surface area contributed by atoms with Gasteiger partial charge in [0.25, 0.3) is 0 Å². The number of carboxylic acids is 1. The van der Waals surface area contributed by atoms with Crippen LogP contribution < -0.4 is 0 Å². The van der Waals surface area contributed by atoms with Crippen molar-refractivity contribution in [2.24, 2.45) is 0 Å². The van der Waals surface area contributed by atoms with E-state index in [1.165, 1.54) is 6.20 Å². The number of hydrogen-bond donors (Lipinski definition) is 1. The standard InChI is InChI=1S/C12H6ClN3O2S/c13-7-5-15-11(16-10(7)12(17)18)6-3-9-8(14-4-6)1-2-19-9/h1-5H,(H,17,18). The van der Waals surface area contributed by atoms with Gasteiger partial charge in [-0.05, 0) is 17.5 Å². The average Bonchev–Trinajstić information content (AvgIpc) is 2.86. The van der Waals surface area contributed by atoms with Crippen molar-refractivity contribution in [1.29, 1.82) is 0 Å². The lowest BCUT2D eigenvalue weighted by Crippen LogP contribution is -2.04. The van der Waals surface area contributed by atoms with Crippen molar-refractivity contribution < 1.29 is 9.90 Å². The third-order valence-corrected chi connectivity index (χ3v) is 3.64. The van der Waals surface area contributed by atoms with Gasteiger partial charge in [0.15, 0.2) is 11.5 Å². The number of hydrogen-bond acceptors (Lipinski definition) is 5. The van der Waals surface area contributed by atoms with Gasteiger partial charge < -0.3 is 5.11 Å². The van der Waals surface area contributed by atoms with Crippen molar-refractivity contribution in [2.75, 3.05) is 0 Å². The lowest BCUT2D eigenvalue weighted by molar-refractivity contribution is 0.0690. The Labute approximate surface area is 116 Å². The monoisotopic (exact) mass is 291 g/mol. The molecule has 19 heavy (non-hydrogen) atoms. The molecular formula is C12H6ClN3O2S. The molecule has 0 atom stereocenters. The number of halogens is 1. The first kappa shape index (κ1) is 12.0. The number of pyridine rings is 1. The molecule has 0 bridgehead atoms. The molecule has 0 aliphatic rings. The van der Waals surface area contributed by atoms with Crippen LogP contribution in [0.4, 0.5) is 0 Å². The number of carbonyl (C=O) groups is 1. The minimum atomic E-state index is -1.18. The first-order chi connectivity index (χ1) is 9.15. The van der Waals surface area contributed by atoms with Crippen LogP contribution in [-0.4, -0.2) is 26.0 Å². The molecule has 0 saturated carbocycles. The van der Waals surface area contributed by atoms with Crippen molar-refractivity contribution in [3.05, 3.63) is 40.6 Å². The SMILES string of the molecule is O=C(O)c1nc(-c2cnc3ccsc3c2)ncc1Cl. The summed E-state index contributed by atoms with van der Waals surface area (Å²) in [5.74, 6) is -0.886. The van der Waals surface area contributed by atoms with E-state index in [-0.39, 0.29) is 10.7 Å². The van der Waals surface area contributed by atoms with Crippen molar-refractivity contribution >= 4 is 39.1 Å². The van der Waals surface area contributed by atoms with E-state index in [1.54, 1.807) is 17.5 Å². The number of nitrogens with zero attached hydrogens (tertiary/aromatic N) is 3. The van der Waals surface area contributed by atoms with Crippen LogP contribution in [0.3, 0.4) is 0 Å². The highest BCUT2D eigenvalue weighted by atomic mass is 35.5. The topological polar surface area (TPSA) is 76.0 Å². The quantitative estimate of drug-likeness (QED) is 0.785. The summed E-state index contributed by atoms with van der Waals surface area (Å²) in [6, 6.07) is 3.79. The lowest BCUT2D eigenvalue weighted by Gasteiger charge is -2.02. The second kappa shape index (κ2) is 4.56. The molecule has 0 fully saturated rings. The summed E-state index contributed by atoms with van der Waals surface area (Å²) in [6.45, 7) is 0. The summed E-state index contributed by atoms with van der Waals surface area (Å²) in [6.07, 6.45) is 2.90. The molecule has 0 radical (unpaired) electrons. The zero-order chi connectivity index (χ0) is 13.4. The van der Waals surface area contributed by atoms with Gasteiger partial charge in [0.05, 0.1) is 21.4 Å². The Balaban J connectivity index is 2.15. The third-order valence-electron chi connectivity index (χ3n) is 2.51. The van der Waals surface area contributed by atoms with Gasteiger partial charge in [-0.15, -0.1) is 11.3 Å². The molecule has 3 rings (SSSR count). The Morgan fingerprint density at radius 2 is 2.16 bits per heavy atom. The third kappa shape index (κ3) is 2.16. The van der Waals surface area contributed by atoms with E-state index in [0.29, 0.717) is 11.4 Å². The first-order valence-corrected chi connectivity index (χ1v) is 6.50. The molecule has 3 aromatic rings. The molecule has 0 aromatic carbocycles. The summed E-state index contributed by atoms with van der Waals surface area (Å²) in [4.78, 5) is 23.2. The van der Waals surface area contributed by atoms with Crippen LogP contribution in [0.25, 0.3) is 21.6 Å². The number of thiophene rings is 1. The zero-order valence-corrected chi connectivity index (χ0v) is 10.9. The second-order valence-electron chi connectivity index (χ2n) is 3.72. The molecule has 0 saturated heterocycles. The van der Waals surface area contributed by atoms with Gasteiger partial charge in [-0.3, -0.25) is 4.98 Å². The number of aromatic nitrogens is 3. The molecule has 0 spiro atoms. The van der Waals surface area contributed by atoms with E-state index >= 15 is 0 Å². The van der Waals surface area contributed by atoms with Crippen LogP contribution >= 0.6 is 22.9 Å². The Bertz CT molecular complexity index is 787. The van der Waals surface area contributed by atoms with E-state index in [0.717, 1.165) is 10.2 Å². The minimum absolute atomic E-state index is 0.0152. The van der Waals surface area contributed by atoms with Gasteiger partial charge in [-0.2, -0.15) is 0 Å². The van der Waals surface area contributed by atoms with Crippen molar-refractivity contribution in [1.82, 2.24) is 15.0 Å². The van der Waals surface area contributed by atoms with Gasteiger partial charge in [0, 0.05) is 11.8 Å². The van der Waals surface area contributed by atoms with Crippen molar-refractivity contribution in [3.63, 3.8) is 0 Å². The van der Waals surface area contributed by atoms with Gasteiger partial charge in [-0.25, -0.2) is 14.8 Å². The van der Waals surface area contributed by atoms with Crippen LogP contribution in [0.2, 0.25) is 5.02 Å². The highest BCUT2D eigenvalue weighted by Crippen LogP contribution is 2.25. The van der Waals surface area contributed by atoms with E-state index in [1.807, 2.05) is 17.5 Å². The smallest absolute Gasteiger partial charge is 0.356 e. The molecule has 7 heteroatoms. The van der Waals surface area contributed by atoms with E-state index in [2.05, 4.69) is 15.0 Å². The molecule has 0 amide bonds.